The molecule has 0 N–H and O–H groups in total. The largest absolute Gasteiger partial charge is 0.348 e. The molecular weight excluding hydrogens is 202 g/mol. The molecule has 0 unspecified atom stereocenters. The molecule has 0 saturated heterocycles. The summed E-state index contributed by atoms with van der Waals surface area (Å²) in [5.41, 5.74) is 0.898. The lowest BCUT2D eigenvalue weighted by Gasteiger charge is -2.17. The lowest BCUT2D eigenvalue weighted by Crippen LogP contribution is -2.20. The Morgan fingerprint density at radius 1 is 1.19 bits per heavy atom. The number of anilines is 1. The van der Waals surface area contributed by atoms with Crippen LogP contribution in [0.15, 0.2) is 18.3 Å². The molecule has 0 saturated carbocycles. The lowest BCUT2D eigenvalue weighted by atomic mass is 10.3. The summed E-state index contributed by atoms with van der Waals surface area (Å²) in [5.74, 6) is 1.78. The topological polar surface area (TPSA) is 46.8 Å². The van der Waals surface area contributed by atoms with E-state index in [1.807, 2.05) is 20.2 Å². The summed E-state index contributed by atoms with van der Waals surface area (Å²) in [5, 5.41) is 5.26. The molecule has 0 fully saturated rings. The molecule has 0 amide bonds. The summed E-state index contributed by atoms with van der Waals surface area (Å²) in [4.78, 5) is 11.1. The molecule has 1 aliphatic heterocycles. The minimum Gasteiger partial charge on any atom is -0.348 e. The van der Waals surface area contributed by atoms with Gasteiger partial charge in [0.15, 0.2) is 5.65 Å². The number of aryl methyl sites for hydroxylation is 2. The third-order valence-electron chi connectivity index (χ3n) is 2.80. The fraction of sp³-hybridized carbons (Fsp3) is 0.364. The third-order valence-corrected chi connectivity index (χ3v) is 2.80. The second-order valence-electron chi connectivity index (χ2n) is 3.98. The van der Waals surface area contributed by atoms with Crippen LogP contribution in [0, 0.1) is 6.92 Å². The van der Waals surface area contributed by atoms with Crippen molar-refractivity contribution in [1.82, 2.24) is 19.7 Å². The van der Waals surface area contributed by atoms with Crippen LogP contribution >= 0.6 is 0 Å². The van der Waals surface area contributed by atoms with Gasteiger partial charge in [-0.1, -0.05) is 12.2 Å². The van der Waals surface area contributed by atoms with E-state index in [9.17, 15) is 0 Å². The predicted molar refractivity (Wildman–Crippen MR) is 62.4 cm³/mol. The second-order valence-corrected chi connectivity index (χ2v) is 3.98. The number of hydrogen-bond donors (Lipinski definition) is 0. The monoisotopic (exact) mass is 215 g/mol. The zero-order valence-electron chi connectivity index (χ0n) is 9.38. The predicted octanol–water partition coefficient (Wildman–Crippen LogP) is 1.05. The molecule has 0 atom stereocenters. The summed E-state index contributed by atoms with van der Waals surface area (Å²) in [7, 11) is 1.90. The highest BCUT2D eigenvalue weighted by atomic mass is 15.3. The van der Waals surface area contributed by atoms with Crippen molar-refractivity contribution in [3.05, 3.63) is 24.2 Å². The number of aromatic nitrogens is 4. The number of hydrogen-bond acceptors (Lipinski definition) is 4. The first-order valence-corrected chi connectivity index (χ1v) is 5.32. The third kappa shape index (κ3) is 1.28. The molecule has 5 nitrogen and oxygen atoms in total. The summed E-state index contributed by atoms with van der Waals surface area (Å²) >= 11 is 0. The molecule has 0 radical (unpaired) electrons. The maximum Gasteiger partial charge on any atom is 0.163 e. The zero-order chi connectivity index (χ0) is 11.1. The molecule has 3 heterocycles. The second kappa shape index (κ2) is 3.30. The number of nitrogens with zero attached hydrogens (tertiary/aromatic N) is 5. The van der Waals surface area contributed by atoms with Gasteiger partial charge in [-0.2, -0.15) is 5.10 Å². The van der Waals surface area contributed by atoms with E-state index in [1.54, 1.807) is 4.68 Å². The highest BCUT2D eigenvalue weighted by molar-refractivity contribution is 5.87. The molecule has 82 valence electrons. The SMILES string of the molecule is Cc1nc(N2CC=CC2)c2cnn(C)c2n1. The van der Waals surface area contributed by atoms with E-state index < -0.39 is 0 Å². The molecule has 5 heteroatoms. The van der Waals surface area contributed by atoms with Crippen LogP contribution in [-0.4, -0.2) is 32.8 Å². The molecular formula is C11H13N5. The Hall–Kier alpha value is -1.91. The van der Waals surface area contributed by atoms with Gasteiger partial charge >= 0.3 is 0 Å². The number of fused-ring (bicyclic) bond motifs is 1. The zero-order valence-corrected chi connectivity index (χ0v) is 9.38. The fourth-order valence-corrected chi connectivity index (χ4v) is 2.01. The van der Waals surface area contributed by atoms with E-state index in [0.717, 1.165) is 35.8 Å². The Bertz CT molecular complexity index is 561. The first-order valence-electron chi connectivity index (χ1n) is 5.32. The van der Waals surface area contributed by atoms with E-state index in [2.05, 4.69) is 32.1 Å². The van der Waals surface area contributed by atoms with E-state index in [1.165, 1.54) is 0 Å². The summed E-state index contributed by atoms with van der Waals surface area (Å²) in [6.45, 7) is 3.75. The highest BCUT2D eigenvalue weighted by Gasteiger charge is 2.16. The minimum atomic E-state index is 0.790. The molecule has 0 aromatic carbocycles. The fourth-order valence-electron chi connectivity index (χ4n) is 2.01. The van der Waals surface area contributed by atoms with Crippen LogP contribution < -0.4 is 4.90 Å². The van der Waals surface area contributed by atoms with Crippen LogP contribution in [0.25, 0.3) is 11.0 Å². The molecule has 3 rings (SSSR count). The van der Waals surface area contributed by atoms with Gasteiger partial charge in [0, 0.05) is 20.1 Å². The molecule has 2 aromatic rings. The van der Waals surface area contributed by atoms with Crippen molar-refractivity contribution >= 4 is 16.9 Å². The van der Waals surface area contributed by atoms with Crippen molar-refractivity contribution in [1.29, 1.82) is 0 Å². The lowest BCUT2D eigenvalue weighted by molar-refractivity contribution is 0.782. The van der Waals surface area contributed by atoms with Crippen LogP contribution in [-0.2, 0) is 7.05 Å². The van der Waals surface area contributed by atoms with Gasteiger partial charge in [0.2, 0.25) is 0 Å². The first kappa shape index (κ1) is 9.33. The van der Waals surface area contributed by atoms with Gasteiger partial charge in [-0.3, -0.25) is 4.68 Å². The number of rotatable bonds is 1. The van der Waals surface area contributed by atoms with E-state index in [0.29, 0.717) is 0 Å². The molecule has 0 aliphatic carbocycles. The van der Waals surface area contributed by atoms with Gasteiger partial charge in [0.25, 0.3) is 0 Å². The molecule has 0 spiro atoms. The van der Waals surface area contributed by atoms with Gasteiger partial charge in [-0.25, -0.2) is 9.97 Å². The standard InChI is InChI=1S/C11H13N5/c1-8-13-10-9(7-12-15(10)2)11(14-8)16-5-3-4-6-16/h3-4,7H,5-6H2,1-2H3. The van der Waals surface area contributed by atoms with Crippen LogP contribution in [0.3, 0.4) is 0 Å². The minimum absolute atomic E-state index is 0.790. The normalized spacial score (nSPS) is 15.2. The molecule has 2 aromatic heterocycles. The Kier molecular flexibility index (Phi) is 1.92. The van der Waals surface area contributed by atoms with E-state index in [-0.39, 0.29) is 0 Å². The Labute approximate surface area is 93.4 Å². The van der Waals surface area contributed by atoms with Crippen molar-refractivity contribution in [3.63, 3.8) is 0 Å². The van der Waals surface area contributed by atoms with Crippen LogP contribution in [0.5, 0.6) is 0 Å². The maximum absolute atomic E-state index is 4.52. The van der Waals surface area contributed by atoms with Gasteiger partial charge in [-0.05, 0) is 6.92 Å². The summed E-state index contributed by atoms with van der Waals surface area (Å²) < 4.78 is 1.79. The van der Waals surface area contributed by atoms with Crippen molar-refractivity contribution in [2.75, 3.05) is 18.0 Å². The maximum atomic E-state index is 4.52. The Balaban J connectivity index is 2.22. The first-order chi connectivity index (χ1) is 7.75. The average molecular weight is 215 g/mol. The van der Waals surface area contributed by atoms with Crippen LogP contribution in [0.2, 0.25) is 0 Å². The van der Waals surface area contributed by atoms with Gasteiger partial charge in [0.1, 0.15) is 11.6 Å². The van der Waals surface area contributed by atoms with Crippen molar-refractivity contribution < 1.29 is 0 Å². The van der Waals surface area contributed by atoms with Crippen molar-refractivity contribution in [2.45, 2.75) is 6.92 Å². The average Bonchev–Trinajstić information content (AvgIpc) is 2.88. The molecule has 0 bridgehead atoms. The quantitative estimate of drug-likeness (QED) is 0.667. The summed E-state index contributed by atoms with van der Waals surface area (Å²) in [6.07, 6.45) is 6.14. The summed E-state index contributed by atoms with van der Waals surface area (Å²) in [6, 6.07) is 0. The molecule has 16 heavy (non-hydrogen) atoms. The van der Waals surface area contributed by atoms with E-state index >= 15 is 0 Å². The van der Waals surface area contributed by atoms with Gasteiger partial charge in [0.05, 0.1) is 11.6 Å². The van der Waals surface area contributed by atoms with Crippen LogP contribution in [0.4, 0.5) is 5.82 Å². The van der Waals surface area contributed by atoms with E-state index in [4.69, 9.17) is 0 Å². The molecule has 1 aliphatic rings. The van der Waals surface area contributed by atoms with Gasteiger partial charge in [-0.15, -0.1) is 0 Å². The van der Waals surface area contributed by atoms with Crippen molar-refractivity contribution in [2.24, 2.45) is 7.05 Å². The van der Waals surface area contributed by atoms with Gasteiger partial charge < -0.3 is 4.90 Å². The van der Waals surface area contributed by atoms with Crippen LogP contribution in [0.1, 0.15) is 5.82 Å². The van der Waals surface area contributed by atoms with Crippen molar-refractivity contribution in [3.8, 4) is 0 Å². The highest BCUT2D eigenvalue weighted by Crippen LogP contribution is 2.24. The Morgan fingerprint density at radius 2 is 1.94 bits per heavy atom. The smallest absolute Gasteiger partial charge is 0.163 e. The Morgan fingerprint density at radius 3 is 2.69 bits per heavy atom.